The number of carbonyl (C=O) groups excluding carboxylic acids is 1. The molecule has 0 aliphatic rings. The number of nitrogen functional groups attached to an aromatic ring is 1. The highest BCUT2D eigenvalue weighted by Gasteiger charge is 2.00. The topological polar surface area (TPSA) is 68.0 Å². The smallest absolute Gasteiger partial charge is 0.220 e. The molecule has 0 aliphatic heterocycles. The minimum atomic E-state index is 0.0292. The summed E-state index contributed by atoms with van der Waals surface area (Å²) in [7, 11) is 0. The lowest BCUT2D eigenvalue weighted by molar-refractivity contribution is -0.120. The highest BCUT2D eigenvalue weighted by Crippen LogP contribution is 2.10. The third-order valence-electron chi connectivity index (χ3n) is 1.36. The second-order valence-electron chi connectivity index (χ2n) is 2.31. The number of hydrogen-bond donors (Lipinski definition) is 2. The molecular formula is C7H11N3OS. The van der Waals surface area contributed by atoms with Crippen LogP contribution in [0.25, 0.3) is 0 Å². The normalized spacial score (nSPS) is 9.75. The van der Waals surface area contributed by atoms with E-state index in [1.807, 2.05) is 12.3 Å². The van der Waals surface area contributed by atoms with Gasteiger partial charge < -0.3 is 11.1 Å². The Kier molecular flexibility index (Phi) is 3.04. The molecule has 0 spiro atoms. The summed E-state index contributed by atoms with van der Waals surface area (Å²) in [5.74, 6) is 0.0292. The second kappa shape index (κ2) is 4.06. The van der Waals surface area contributed by atoms with Gasteiger partial charge in [0.05, 0.1) is 12.2 Å². The molecule has 0 atom stereocenters. The standard InChI is InChI=1S/C7H11N3OS/c1-2-6(11)9-3-5-4-12-7(8)10-5/h4H,2-3H2,1H3,(H2,8,10)(H,9,11). The molecule has 0 saturated carbocycles. The fraction of sp³-hybridized carbons (Fsp3) is 0.429. The van der Waals surface area contributed by atoms with Crippen LogP contribution in [0.1, 0.15) is 19.0 Å². The summed E-state index contributed by atoms with van der Waals surface area (Å²) in [4.78, 5) is 14.8. The van der Waals surface area contributed by atoms with Gasteiger partial charge in [0.25, 0.3) is 0 Å². The van der Waals surface area contributed by atoms with Gasteiger partial charge in [-0.3, -0.25) is 4.79 Å². The van der Waals surface area contributed by atoms with Crippen LogP contribution < -0.4 is 11.1 Å². The maximum atomic E-state index is 10.8. The van der Waals surface area contributed by atoms with E-state index in [1.54, 1.807) is 0 Å². The van der Waals surface area contributed by atoms with Gasteiger partial charge in [-0.05, 0) is 0 Å². The van der Waals surface area contributed by atoms with Crippen LogP contribution in [0, 0.1) is 0 Å². The summed E-state index contributed by atoms with van der Waals surface area (Å²) in [5.41, 5.74) is 6.23. The van der Waals surface area contributed by atoms with Gasteiger partial charge in [-0.15, -0.1) is 11.3 Å². The minimum Gasteiger partial charge on any atom is -0.375 e. The lowest BCUT2D eigenvalue weighted by Gasteiger charge is -1.98. The quantitative estimate of drug-likeness (QED) is 0.730. The Morgan fingerprint density at radius 2 is 2.58 bits per heavy atom. The molecule has 4 nitrogen and oxygen atoms in total. The molecule has 1 rings (SSSR count). The molecule has 0 radical (unpaired) electrons. The highest BCUT2D eigenvalue weighted by molar-refractivity contribution is 7.13. The molecule has 1 amide bonds. The van der Waals surface area contributed by atoms with Crippen molar-refractivity contribution >= 4 is 22.4 Å². The molecule has 0 unspecified atom stereocenters. The molecule has 1 heterocycles. The summed E-state index contributed by atoms with van der Waals surface area (Å²) in [6.45, 7) is 2.28. The van der Waals surface area contributed by atoms with Crippen molar-refractivity contribution in [1.82, 2.24) is 10.3 Å². The van der Waals surface area contributed by atoms with E-state index in [1.165, 1.54) is 11.3 Å². The van der Waals surface area contributed by atoms with Gasteiger partial charge >= 0.3 is 0 Å². The summed E-state index contributed by atoms with van der Waals surface area (Å²) in [6.07, 6.45) is 0.500. The van der Waals surface area contributed by atoms with E-state index in [-0.39, 0.29) is 5.91 Å². The first-order valence-electron chi connectivity index (χ1n) is 3.69. The molecule has 0 bridgehead atoms. The van der Waals surface area contributed by atoms with Gasteiger partial charge in [-0.25, -0.2) is 4.98 Å². The van der Waals surface area contributed by atoms with Crippen molar-refractivity contribution in [3.8, 4) is 0 Å². The monoisotopic (exact) mass is 185 g/mol. The van der Waals surface area contributed by atoms with Crippen molar-refractivity contribution in [1.29, 1.82) is 0 Å². The molecule has 0 aromatic carbocycles. The van der Waals surface area contributed by atoms with E-state index in [0.29, 0.717) is 18.1 Å². The van der Waals surface area contributed by atoms with Gasteiger partial charge in [-0.1, -0.05) is 6.92 Å². The highest BCUT2D eigenvalue weighted by atomic mass is 32.1. The summed E-state index contributed by atoms with van der Waals surface area (Å²) >= 11 is 1.38. The second-order valence-corrected chi connectivity index (χ2v) is 3.20. The van der Waals surface area contributed by atoms with Crippen molar-refractivity contribution in [3.05, 3.63) is 11.1 Å². The molecule has 12 heavy (non-hydrogen) atoms. The molecule has 1 aromatic rings. The Morgan fingerprint density at radius 1 is 1.83 bits per heavy atom. The molecule has 5 heteroatoms. The van der Waals surface area contributed by atoms with Crippen molar-refractivity contribution in [3.63, 3.8) is 0 Å². The number of nitrogens with one attached hydrogen (secondary N) is 1. The number of thiazole rings is 1. The Hall–Kier alpha value is -1.10. The van der Waals surface area contributed by atoms with Crippen LogP contribution in [0.2, 0.25) is 0 Å². The third kappa shape index (κ3) is 2.50. The zero-order chi connectivity index (χ0) is 8.97. The number of nitrogens with zero attached hydrogens (tertiary/aromatic N) is 1. The van der Waals surface area contributed by atoms with Gasteiger partial charge in [0.1, 0.15) is 0 Å². The zero-order valence-corrected chi connectivity index (χ0v) is 7.65. The average Bonchev–Trinajstić information content (AvgIpc) is 2.47. The predicted octanol–water partition coefficient (Wildman–Crippen LogP) is 0.752. The van der Waals surface area contributed by atoms with Crippen LogP contribution in [-0.4, -0.2) is 10.9 Å². The fourth-order valence-electron chi connectivity index (χ4n) is 0.718. The molecule has 66 valence electrons. The van der Waals surface area contributed by atoms with Gasteiger partial charge in [-0.2, -0.15) is 0 Å². The number of rotatable bonds is 3. The number of amides is 1. The molecule has 3 N–H and O–H groups in total. The molecule has 0 saturated heterocycles. The number of aromatic nitrogens is 1. The first-order valence-corrected chi connectivity index (χ1v) is 4.57. The molecule has 0 aliphatic carbocycles. The lowest BCUT2D eigenvalue weighted by Crippen LogP contribution is -2.21. The average molecular weight is 185 g/mol. The maximum absolute atomic E-state index is 10.8. The maximum Gasteiger partial charge on any atom is 0.220 e. The van der Waals surface area contributed by atoms with Crippen LogP contribution in [0.5, 0.6) is 0 Å². The zero-order valence-electron chi connectivity index (χ0n) is 6.83. The van der Waals surface area contributed by atoms with E-state index in [4.69, 9.17) is 5.73 Å². The lowest BCUT2D eigenvalue weighted by atomic mass is 10.4. The predicted molar refractivity (Wildman–Crippen MR) is 48.7 cm³/mol. The Balaban J connectivity index is 2.38. The number of carbonyl (C=O) groups is 1. The molecule has 1 aromatic heterocycles. The third-order valence-corrected chi connectivity index (χ3v) is 2.08. The Morgan fingerprint density at radius 3 is 3.08 bits per heavy atom. The summed E-state index contributed by atoms with van der Waals surface area (Å²) in [5, 5.41) is 5.09. The van der Waals surface area contributed by atoms with Gasteiger partial charge in [0.2, 0.25) is 5.91 Å². The number of hydrogen-bond acceptors (Lipinski definition) is 4. The van der Waals surface area contributed by atoms with Gasteiger partial charge in [0.15, 0.2) is 5.13 Å². The fourth-order valence-corrected chi connectivity index (χ4v) is 1.28. The molecule has 0 fully saturated rings. The van der Waals surface area contributed by atoms with Crippen LogP contribution in [0.3, 0.4) is 0 Å². The van der Waals surface area contributed by atoms with E-state index < -0.39 is 0 Å². The van der Waals surface area contributed by atoms with Crippen molar-refractivity contribution in [2.45, 2.75) is 19.9 Å². The number of anilines is 1. The van der Waals surface area contributed by atoms with Crippen molar-refractivity contribution in [2.75, 3.05) is 5.73 Å². The van der Waals surface area contributed by atoms with Crippen molar-refractivity contribution in [2.24, 2.45) is 0 Å². The van der Waals surface area contributed by atoms with E-state index in [0.717, 1.165) is 5.69 Å². The summed E-state index contributed by atoms with van der Waals surface area (Å²) < 4.78 is 0. The summed E-state index contributed by atoms with van der Waals surface area (Å²) in [6, 6.07) is 0. The van der Waals surface area contributed by atoms with E-state index in [9.17, 15) is 4.79 Å². The van der Waals surface area contributed by atoms with Crippen LogP contribution >= 0.6 is 11.3 Å². The SMILES string of the molecule is CCC(=O)NCc1csc(N)n1. The van der Waals surface area contributed by atoms with Crippen LogP contribution in [0.4, 0.5) is 5.13 Å². The Labute approximate surface area is 74.8 Å². The largest absolute Gasteiger partial charge is 0.375 e. The van der Waals surface area contributed by atoms with E-state index >= 15 is 0 Å². The molecular weight excluding hydrogens is 174 g/mol. The Bertz CT molecular complexity index is 271. The first kappa shape index (κ1) is 8.99. The minimum absolute atomic E-state index is 0.0292. The van der Waals surface area contributed by atoms with E-state index in [2.05, 4.69) is 10.3 Å². The van der Waals surface area contributed by atoms with Crippen LogP contribution in [0.15, 0.2) is 5.38 Å². The van der Waals surface area contributed by atoms with Gasteiger partial charge in [0, 0.05) is 11.8 Å². The number of nitrogens with two attached hydrogens (primary N) is 1. The first-order chi connectivity index (χ1) is 5.72. The van der Waals surface area contributed by atoms with Crippen LogP contribution in [-0.2, 0) is 11.3 Å². The van der Waals surface area contributed by atoms with Crippen molar-refractivity contribution < 1.29 is 4.79 Å².